The number of rotatable bonds is 5. The summed E-state index contributed by atoms with van der Waals surface area (Å²) in [6.45, 7) is 0.0753. The highest BCUT2D eigenvalue weighted by Gasteiger charge is 2.46. The van der Waals surface area contributed by atoms with E-state index in [1.54, 1.807) is 48.9 Å². The quantitative estimate of drug-likeness (QED) is 0.337. The predicted molar refractivity (Wildman–Crippen MR) is 119 cm³/mol. The highest BCUT2D eigenvalue weighted by Crippen LogP contribution is 2.42. The second-order valence-corrected chi connectivity index (χ2v) is 7.82. The van der Waals surface area contributed by atoms with Crippen LogP contribution in [0.1, 0.15) is 22.9 Å². The van der Waals surface area contributed by atoms with Crippen LogP contribution < -0.4 is 4.74 Å². The van der Waals surface area contributed by atoms with E-state index in [0.717, 1.165) is 0 Å². The van der Waals surface area contributed by atoms with Crippen LogP contribution >= 0.6 is 23.2 Å². The Labute approximate surface area is 193 Å². The first-order chi connectivity index (χ1) is 15.4. The monoisotopic (exact) mass is 469 g/mol. The van der Waals surface area contributed by atoms with E-state index in [1.165, 1.54) is 24.1 Å². The average molecular weight is 470 g/mol. The smallest absolute Gasteiger partial charge is 0.296 e. The van der Waals surface area contributed by atoms with Crippen molar-refractivity contribution in [2.75, 3.05) is 7.11 Å². The minimum Gasteiger partial charge on any atom is -0.507 e. The summed E-state index contributed by atoms with van der Waals surface area (Å²) in [6, 6.07) is 10.7. The number of hydrogen-bond acceptors (Lipinski definition) is 6. The molecule has 0 aliphatic carbocycles. The molecule has 0 saturated carbocycles. The van der Waals surface area contributed by atoms with Crippen molar-refractivity contribution in [3.05, 3.63) is 93.5 Å². The zero-order valence-corrected chi connectivity index (χ0v) is 18.3. The molecular weight excluding hydrogens is 453 g/mol. The number of likely N-dealkylation sites (tertiary alicyclic amines) is 1. The third-order valence-electron chi connectivity index (χ3n) is 5.07. The molecule has 1 saturated heterocycles. The number of aliphatic hydroxyl groups excluding tert-OH is 1. The number of carbonyl (C=O) groups excluding carboxylic acids is 2. The van der Waals surface area contributed by atoms with Crippen LogP contribution in [0.3, 0.4) is 0 Å². The average Bonchev–Trinajstić information content (AvgIpc) is 3.04. The molecule has 3 aromatic rings. The lowest BCUT2D eigenvalue weighted by molar-refractivity contribution is -0.140. The molecule has 162 valence electrons. The number of benzene rings is 1. The van der Waals surface area contributed by atoms with Gasteiger partial charge in [0.05, 0.1) is 41.0 Å². The number of carbonyl (C=O) groups is 2. The Morgan fingerprint density at radius 1 is 1.12 bits per heavy atom. The summed E-state index contributed by atoms with van der Waals surface area (Å²) in [5.41, 5.74) is 1.26. The zero-order chi connectivity index (χ0) is 22.8. The second kappa shape index (κ2) is 8.98. The molecule has 32 heavy (non-hydrogen) atoms. The Morgan fingerprint density at radius 2 is 1.88 bits per heavy atom. The molecule has 9 heteroatoms. The molecule has 1 unspecified atom stereocenters. The van der Waals surface area contributed by atoms with Crippen LogP contribution in [0, 0.1) is 0 Å². The fraction of sp³-hybridized carbons (Fsp3) is 0.130. The summed E-state index contributed by atoms with van der Waals surface area (Å²) in [6.07, 6.45) is 4.73. The maximum atomic E-state index is 13.1. The molecule has 3 heterocycles. The van der Waals surface area contributed by atoms with Crippen LogP contribution in [-0.2, 0) is 16.1 Å². The Bertz CT molecular complexity index is 1190. The topological polar surface area (TPSA) is 92.6 Å². The number of amides is 1. The summed E-state index contributed by atoms with van der Waals surface area (Å²) in [4.78, 5) is 35.8. The van der Waals surface area contributed by atoms with Crippen LogP contribution in [0.5, 0.6) is 5.75 Å². The number of halogens is 2. The Morgan fingerprint density at radius 3 is 2.47 bits per heavy atom. The van der Waals surface area contributed by atoms with Gasteiger partial charge in [-0.2, -0.15) is 0 Å². The van der Waals surface area contributed by atoms with Gasteiger partial charge in [0.25, 0.3) is 11.7 Å². The molecule has 7 nitrogen and oxygen atoms in total. The SMILES string of the molecule is COc1c(Cl)cc(/C(O)=C2\C(=O)C(=O)N(Cc3ccccn3)C2c2cccnc2)cc1Cl. The molecule has 1 aliphatic rings. The van der Waals surface area contributed by atoms with Gasteiger partial charge in [0.15, 0.2) is 5.75 Å². The molecule has 0 bridgehead atoms. The van der Waals surface area contributed by atoms with Crippen molar-refractivity contribution in [2.24, 2.45) is 0 Å². The Balaban J connectivity index is 1.87. The van der Waals surface area contributed by atoms with Crippen LogP contribution in [0.15, 0.2) is 66.6 Å². The molecule has 1 fully saturated rings. The number of aromatic nitrogens is 2. The predicted octanol–water partition coefficient (Wildman–Crippen LogP) is 4.41. The zero-order valence-electron chi connectivity index (χ0n) is 16.8. The van der Waals surface area contributed by atoms with Crippen molar-refractivity contribution >= 4 is 40.7 Å². The number of methoxy groups -OCH3 is 1. The van der Waals surface area contributed by atoms with E-state index in [2.05, 4.69) is 9.97 Å². The van der Waals surface area contributed by atoms with E-state index in [-0.39, 0.29) is 33.5 Å². The van der Waals surface area contributed by atoms with Crippen LogP contribution in [0.2, 0.25) is 10.0 Å². The number of nitrogens with zero attached hydrogens (tertiary/aromatic N) is 3. The Kier molecular flexibility index (Phi) is 6.12. The molecule has 1 N–H and O–H groups in total. The van der Waals surface area contributed by atoms with Gasteiger partial charge in [-0.3, -0.25) is 19.6 Å². The van der Waals surface area contributed by atoms with Crippen molar-refractivity contribution in [1.82, 2.24) is 14.9 Å². The second-order valence-electron chi connectivity index (χ2n) is 7.01. The van der Waals surface area contributed by atoms with E-state index in [4.69, 9.17) is 27.9 Å². The molecular formula is C23H17Cl2N3O4. The minimum absolute atomic E-state index is 0.0753. The van der Waals surface area contributed by atoms with E-state index in [1.807, 2.05) is 0 Å². The summed E-state index contributed by atoms with van der Waals surface area (Å²) in [7, 11) is 1.41. The summed E-state index contributed by atoms with van der Waals surface area (Å²) in [5.74, 6) is -1.73. The molecule has 0 radical (unpaired) electrons. The van der Waals surface area contributed by atoms with Crippen LogP contribution in [0.4, 0.5) is 0 Å². The molecule has 1 aromatic carbocycles. The standard InChI is InChI=1S/C23H17Cl2N3O4/c1-32-22-16(24)9-14(10-17(22)25)20(29)18-19(13-5-4-7-26-11-13)28(23(31)21(18)30)12-15-6-2-3-8-27-15/h2-11,19,29H,12H2,1H3/b20-18+. The van der Waals surface area contributed by atoms with Crippen molar-refractivity contribution in [3.8, 4) is 5.75 Å². The number of pyridine rings is 2. The van der Waals surface area contributed by atoms with E-state index in [0.29, 0.717) is 11.3 Å². The number of ether oxygens (including phenoxy) is 1. The third kappa shape index (κ3) is 3.92. The fourth-order valence-corrected chi connectivity index (χ4v) is 4.28. The van der Waals surface area contributed by atoms with Crippen LogP contribution in [-0.4, -0.2) is 38.8 Å². The van der Waals surface area contributed by atoms with Crippen molar-refractivity contribution < 1.29 is 19.4 Å². The highest BCUT2D eigenvalue weighted by atomic mass is 35.5. The van der Waals surface area contributed by atoms with Gasteiger partial charge in [0.1, 0.15) is 5.76 Å². The van der Waals surface area contributed by atoms with Gasteiger partial charge < -0.3 is 14.7 Å². The maximum Gasteiger partial charge on any atom is 0.296 e. The van der Waals surface area contributed by atoms with E-state index >= 15 is 0 Å². The van der Waals surface area contributed by atoms with Crippen LogP contribution in [0.25, 0.3) is 5.76 Å². The van der Waals surface area contributed by atoms with Crippen molar-refractivity contribution in [3.63, 3.8) is 0 Å². The van der Waals surface area contributed by atoms with Gasteiger partial charge in [-0.05, 0) is 35.9 Å². The first-order valence-electron chi connectivity index (χ1n) is 9.54. The number of ketones is 1. The summed E-state index contributed by atoms with van der Waals surface area (Å²) < 4.78 is 5.14. The number of aliphatic hydroxyl groups is 1. The number of Topliss-reactive ketones (excluding diaryl/α,β-unsaturated/α-hetero) is 1. The van der Waals surface area contributed by atoms with Gasteiger partial charge in [0.2, 0.25) is 0 Å². The van der Waals surface area contributed by atoms with Crippen molar-refractivity contribution in [2.45, 2.75) is 12.6 Å². The number of hydrogen-bond donors (Lipinski definition) is 1. The molecule has 0 spiro atoms. The van der Waals surface area contributed by atoms with Gasteiger partial charge in [-0.15, -0.1) is 0 Å². The van der Waals surface area contributed by atoms with E-state index < -0.39 is 23.5 Å². The van der Waals surface area contributed by atoms with Crippen molar-refractivity contribution in [1.29, 1.82) is 0 Å². The lowest BCUT2D eigenvalue weighted by atomic mass is 9.96. The maximum absolute atomic E-state index is 13.1. The third-order valence-corrected chi connectivity index (χ3v) is 5.64. The van der Waals surface area contributed by atoms with Gasteiger partial charge in [-0.1, -0.05) is 35.3 Å². The fourth-order valence-electron chi connectivity index (χ4n) is 3.64. The molecule has 1 amide bonds. The molecule has 2 aromatic heterocycles. The lowest BCUT2D eigenvalue weighted by Gasteiger charge is -2.24. The molecule has 4 rings (SSSR count). The summed E-state index contributed by atoms with van der Waals surface area (Å²) >= 11 is 12.4. The molecule has 1 aliphatic heterocycles. The van der Waals surface area contributed by atoms with Gasteiger partial charge >= 0.3 is 0 Å². The normalized spacial score (nSPS) is 17.6. The van der Waals surface area contributed by atoms with Gasteiger partial charge in [-0.25, -0.2) is 0 Å². The van der Waals surface area contributed by atoms with Gasteiger partial charge in [0, 0.05) is 24.2 Å². The van der Waals surface area contributed by atoms with E-state index in [9.17, 15) is 14.7 Å². The summed E-state index contributed by atoms with van der Waals surface area (Å²) in [5, 5.41) is 11.4. The first-order valence-corrected chi connectivity index (χ1v) is 10.3. The first kappa shape index (κ1) is 21.8. The lowest BCUT2D eigenvalue weighted by Crippen LogP contribution is -2.29. The minimum atomic E-state index is -0.870. The molecule has 1 atom stereocenters. The largest absolute Gasteiger partial charge is 0.507 e. The Hall–Kier alpha value is -3.42. The highest BCUT2D eigenvalue weighted by molar-refractivity contribution is 6.46.